The van der Waals surface area contributed by atoms with E-state index in [1.54, 1.807) is 4.31 Å². The zero-order valence-corrected chi connectivity index (χ0v) is 18.9. The number of amides is 1. The number of halogens is 1. The average Bonchev–Trinajstić information content (AvgIpc) is 2.97. The molecule has 0 atom stereocenters. The third-order valence-corrected chi connectivity index (χ3v) is 8.58. The summed E-state index contributed by atoms with van der Waals surface area (Å²) in [6.07, 6.45) is 3.88. The quantitative estimate of drug-likeness (QED) is 0.585. The lowest BCUT2D eigenvalue weighted by Gasteiger charge is -2.20. The molecule has 30 heavy (non-hydrogen) atoms. The van der Waals surface area contributed by atoms with Crippen molar-refractivity contribution in [2.45, 2.75) is 37.5 Å². The van der Waals surface area contributed by atoms with Crippen LogP contribution in [0.3, 0.4) is 0 Å². The van der Waals surface area contributed by atoms with E-state index in [0.717, 1.165) is 41.5 Å². The van der Waals surface area contributed by atoms with E-state index >= 15 is 0 Å². The average molecular weight is 464 g/mol. The second-order valence-electron chi connectivity index (χ2n) is 7.36. The minimum absolute atomic E-state index is 0.211. The van der Waals surface area contributed by atoms with Crippen molar-refractivity contribution >= 4 is 54.2 Å². The lowest BCUT2D eigenvalue weighted by Crippen LogP contribution is -2.31. The highest BCUT2D eigenvalue weighted by atomic mass is 35.5. The Kier molecular flexibility index (Phi) is 6.11. The second kappa shape index (κ2) is 8.63. The molecule has 0 bridgehead atoms. The Morgan fingerprint density at radius 3 is 2.37 bits per heavy atom. The molecule has 0 radical (unpaired) electrons. The molecule has 2 heterocycles. The number of benzene rings is 2. The van der Waals surface area contributed by atoms with Crippen molar-refractivity contribution in [3.8, 4) is 0 Å². The molecule has 0 spiro atoms. The first kappa shape index (κ1) is 21.2. The summed E-state index contributed by atoms with van der Waals surface area (Å²) >= 11 is 7.54. The maximum atomic E-state index is 12.9. The number of anilines is 1. The van der Waals surface area contributed by atoms with Gasteiger partial charge in [0.15, 0.2) is 5.13 Å². The Morgan fingerprint density at radius 2 is 1.73 bits per heavy atom. The van der Waals surface area contributed by atoms with Crippen molar-refractivity contribution < 1.29 is 13.2 Å². The van der Waals surface area contributed by atoms with Crippen molar-refractivity contribution in [1.82, 2.24) is 9.29 Å². The predicted molar refractivity (Wildman–Crippen MR) is 121 cm³/mol. The fraction of sp³-hybridized carbons (Fsp3) is 0.333. The van der Waals surface area contributed by atoms with Crippen LogP contribution < -0.4 is 5.32 Å². The third kappa shape index (κ3) is 4.23. The number of rotatable bonds is 4. The minimum atomic E-state index is -3.54. The van der Waals surface area contributed by atoms with Gasteiger partial charge in [0.25, 0.3) is 5.91 Å². The second-order valence-corrected chi connectivity index (χ2v) is 10.7. The molecule has 1 aliphatic heterocycles. The Labute approximate surface area is 184 Å². The Bertz CT molecular complexity index is 1140. The van der Waals surface area contributed by atoms with Crippen molar-refractivity contribution in [2.24, 2.45) is 0 Å². The molecular weight excluding hydrogens is 442 g/mol. The highest BCUT2D eigenvalue weighted by Gasteiger charge is 2.25. The summed E-state index contributed by atoms with van der Waals surface area (Å²) in [6, 6.07) is 9.76. The summed E-state index contributed by atoms with van der Waals surface area (Å²) in [7, 11) is -3.54. The lowest BCUT2D eigenvalue weighted by molar-refractivity contribution is 0.102. The van der Waals surface area contributed by atoms with Gasteiger partial charge in [0.1, 0.15) is 0 Å². The fourth-order valence-corrected chi connectivity index (χ4v) is 6.26. The molecule has 158 valence electrons. The number of nitrogens with one attached hydrogen (secondary N) is 1. The highest BCUT2D eigenvalue weighted by Crippen LogP contribution is 2.34. The van der Waals surface area contributed by atoms with Crippen LogP contribution >= 0.6 is 22.9 Å². The standard InChI is InChI=1S/C21H22ClN3O3S2/c1-14-6-11-17(22)19-18(14)23-21(29-19)24-20(26)15-7-9-16(10-8-15)30(27,28)25-12-4-2-3-5-13-25/h6-11H,2-5,12-13H2,1H3,(H,23,24,26). The first-order chi connectivity index (χ1) is 14.4. The largest absolute Gasteiger partial charge is 0.298 e. The van der Waals surface area contributed by atoms with Gasteiger partial charge in [0, 0.05) is 18.7 Å². The van der Waals surface area contributed by atoms with Gasteiger partial charge >= 0.3 is 0 Å². The van der Waals surface area contributed by atoms with Crippen molar-refractivity contribution in [1.29, 1.82) is 0 Å². The Hall–Kier alpha value is -2.00. The highest BCUT2D eigenvalue weighted by molar-refractivity contribution is 7.89. The van der Waals surface area contributed by atoms with E-state index in [9.17, 15) is 13.2 Å². The number of nitrogens with zero attached hydrogens (tertiary/aromatic N) is 2. The molecular formula is C21H22ClN3O3S2. The number of hydrogen-bond donors (Lipinski definition) is 1. The van der Waals surface area contributed by atoms with Crippen LogP contribution in [0.5, 0.6) is 0 Å². The first-order valence-electron chi connectivity index (χ1n) is 9.83. The molecule has 4 rings (SSSR count). The van der Waals surface area contributed by atoms with Gasteiger partial charge in [-0.1, -0.05) is 41.8 Å². The van der Waals surface area contributed by atoms with Crippen LogP contribution in [0.15, 0.2) is 41.3 Å². The molecule has 1 saturated heterocycles. The van der Waals surface area contributed by atoms with E-state index < -0.39 is 10.0 Å². The van der Waals surface area contributed by atoms with Gasteiger partial charge in [0.05, 0.1) is 20.1 Å². The number of aryl methyl sites for hydroxylation is 1. The molecule has 0 aliphatic carbocycles. The lowest BCUT2D eigenvalue weighted by atomic mass is 10.2. The van der Waals surface area contributed by atoms with Crippen LogP contribution in [0.25, 0.3) is 10.2 Å². The predicted octanol–water partition coefficient (Wildman–Crippen LogP) is 5.08. The zero-order valence-electron chi connectivity index (χ0n) is 16.5. The maximum Gasteiger partial charge on any atom is 0.257 e. The Morgan fingerprint density at radius 1 is 1.07 bits per heavy atom. The van der Waals surface area contributed by atoms with Gasteiger partial charge < -0.3 is 0 Å². The van der Waals surface area contributed by atoms with Crippen molar-refractivity contribution in [3.05, 3.63) is 52.5 Å². The number of fused-ring (bicyclic) bond motifs is 1. The summed E-state index contributed by atoms with van der Waals surface area (Å²) < 4.78 is 28.1. The molecule has 3 aromatic rings. The van der Waals surface area contributed by atoms with Crippen molar-refractivity contribution in [3.63, 3.8) is 0 Å². The van der Waals surface area contributed by atoms with Gasteiger partial charge in [-0.05, 0) is 55.7 Å². The molecule has 1 fully saturated rings. The van der Waals surface area contributed by atoms with E-state index in [4.69, 9.17) is 11.6 Å². The fourth-order valence-electron chi connectivity index (χ4n) is 3.53. The SMILES string of the molecule is Cc1ccc(Cl)c2sc(NC(=O)c3ccc(S(=O)(=O)N4CCCCCC4)cc3)nc12. The summed E-state index contributed by atoms with van der Waals surface area (Å²) in [4.78, 5) is 17.3. The summed E-state index contributed by atoms with van der Waals surface area (Å²) in [5.41, 5.74) is 2.11. The normalized spacial score (nSPS) is 15.8. The van der Waals surface area contributed by atoms with Gasteiger partial charge in [-0.3, -0.25) is 10.1 Å². The van der Waals surface area contributed by atoms with Crippen molar-refractivity contribution in [2.75, 3.05) is 18.4 Å². The van der Waals surface area contributed by atoms with Crippen LogP contribution in [0.2, 0.25) is 5.02 Å². The number of carbonyl (C=O) groups is 1. The molecule has 0 saturated carbocycles. The van der Waals surface area contributed by atoms with Gasteiger partial charge in [-0.15, -0.1) is 0 Å². The van der Waals surface area contributed by atoms with E-state index in [0.29, 0.717) is 28.8 Å². The van der Waals surface area contributed by atoms with Crippen LogP contribution in [-0.2, 0) is 10.0 Å². The van der Waals surface area contributed by atoms with E-state index in [1.807, 2.05) is 19.1 Å². The molecule has 1 N–H and O–H groups in total. The number of hydrogen-bond acceptors (Lipinski definition) is 5. The van der Waals surface area contributed by atoms with Crippen LogP contribution in [0.1, 0.15) is 41.6 Å². The maximum absolute atomic E-state index is 12.9. The molecule has 0 unspecified atom stereocenters. The first-order valence-corrected chi connectivity index (χ1v) is 12.5. The van der Waals surface area contributed by atoms with Crippen LogP contribution in [0.4, 0.5) is 5.13 Å². The molecule has 1 amide bonds. The topological polar surface area (TPSA) is 79.4 Å². The summed E-state index contributed by atoms with van der Waals surface area (Å²) in [5, 5.41) is 3.83. The van der Waals surface area contributed by atoms with E-state index in [2.05, 4.69) is 10.3 Å². The number of aromatic nitrogens is 1. The van der Waals surface area contributed by atoms with Gasteiger partial charge in [0.2, 0.25) is 10.0 Å². The van der Waals surface area contributed by atoms with Crippen LogP contribution in [0, 0.1) is 6.92 Å². The number of sulfonamides is 1. The van der Waals surface area contributed by atoms with Gasteiger partial charge in [-0.25, -0.2) is 13.4 Å². The molecule has 6 nitrogen and oxygen atoms in total. The summed E-state index contributed by atoms with van der Waals surface area (Å²) in [5.74, 6) is -0.346. The van der Waals surface area contributed by atoms with Crippen LogP contribution in [-0.4, -0.2) is 36.7 Å². The van der Waals surface area contributed by atoms with Gasteiger partial charge in [-0.2, -0.15) is 4.31 Å². The molecule has 2 aromatic carbocycles. The monoisotopic (exact) mass is 463 g/mol. The number of carbonyl (C=O) groups excluding carboxylic acids is 1. The third-order valence-electron chi connectivity index (χ3n) is 5.24. The zero-order chi connectivity index (χ0) is 21.3. The molecule has 9 heteroatoms. The van der Waals surface area contributed by atoms with E-state index in [1.165, 1.54) is 35.6 Å². The number of thiazole rings is 1. The molecule has 1 aromatic heterocycles. The smallest absolute Gasteiger partial charge is 0.257 e. The summed E-state index contributed by atoms with van der Waals surface area (Å²) in [6.45, 7) is 3.03. The molecule has 1 aliphatic rings. The Balaban J connectivity index is 1.52. The van der Waals surface area contributed by atoms with E-state index in [-0.39, 0.29) is 10.8 Å². The minimum Gasteiger partial charge on any atom is -0.298 e.